The van der Waals surface area contributed by atoms with Gasteiger partial charge in [-0.15, -0.1) is 0 Å². The molecule has 5 heteroatoms. The van der Waals surface area contributed by atoms with E-state index in [4.69, 9.17) is 0 Å². The molecule has 5 nitrogen and oxygen atoms in total. The lowest BCUT2D eigenvalue weighted by atomic mass is 10.1. The van der Waals surface area contributed by atoms with Gasteiger partial charge in [0.1, 0.15) is 5.69 Å². The van der Waals surface area contributed by atoms with E-state index in [1.54, 1.807) is 6.07 Å². The van der Waals surface area contributed by atoms with Crippen molar-refractivity contribution in [3.8, 4) is 0 Å². The third-order valence-corrected chi connectivity index (χ3v) is 2.55. The fraction of sp³-hybridized carbons (Fsp3) is 0.300. The van der Waals surface area contributed by atoms with Gasteiger partial charge in [-0.2, -0.15) is 0 Å². The Morgan fingerprint density at radius 2 is 2.27 bits per heavy atom. The van der Waals surface area contributed by atoms with Crippen LogP contribution in [-0.2, 0) is 11.2 Å². The first-order chi connectivity index (χ1) is 7.11. The summed E-state index contributed by atoms with van der Waals surface area (Å²) >= 11 is 0. The molecule has 0 aliphatic carbocycles. The highest BCUT2D eigenvalue weighted by Gasteiger charge is 2.29. The summed E-state index contributed by atoms with van der Waals surface area (Å²) in [6.07, 6.45) is 0.691. The first-order valence-electron chi connectivity index (χ1n) is 4.65. The highest BCUT2D eigenvalue weighted by molar-refractivity contribution is 5.96. The van der Waals surface area contributed by atoms with Crippen molar-refractivity contribution >= 4 is 17.3 Å². The van der Waals surface area contributed by atoms with Crippen LogP contribution in [0.3, 0.4) is 0 Å². The number of carbonyl (C=O) groups is 1. The van der Waals surface area contributed by atoms with E-state index in [1.807, 2.05) is 6.07 Å². The second kappa shape index (κ2) is 3.34. The topological polar surface area (TPSA) is 63.5 Å². The SMILES string of the molecule is CC(=O)N1CCc2cccc([N+](=O)[O-])c21. The Kier molecular flexibility index (Phi) is 2.15. The minimum absolute atomic E-state index is 0.0141. The largest absolute Gasteiger partial charge is 0.306 e. The van der Waals surface area contributed by atoms with Gasteiger partial charge in [0, 0.05) is 19.5 Å². The Bertz CT molecular complexity index is 442. The van der Waals surface area contributed by atoms with Crippen molar-refractivity contribution in [3.05, 3.63) is 33.9 Å². The number of anilines is 1. The van der Waals surface area contributed by atoms with E-state index in [0.29, 0.717) is 18.7 Å². The summed E-state index contributed by atoms with van der Waals surface area (Å²) in [5.41, 5.74) is 1.36. The zero-order valence-corrected chi connectivity index (χ0v) is 8.27. The number of fused-ring (bicyclic) bond motifs is 1. The number of nitro benzene ring substituents is 1. The number of carbonyl (C=O) groups excluding carboxylic acids is 1. The summed E-state index contributed by atoms with van der Waals surface area (Å²) in [6.45, 7) is 1.96. The van der Waals surface area contributed by atoms with Gasteiger partial charge in [-0.1, -0.05) is 12.1 Å². The van der Waals surface area contributed by atoms with Gasteiger partial charge in [0.2, 0.25) is 5.91 Å². The summed E-state index contributed by atoms with van der Waals surface area (Å²) in [6, 6.07) is 4.91. The first-order valence-corrected chi connectivity index (χ1v) is 4.65. The summed E-state index contributed by atoms with van der Waals surface area (Å²) in [5, 5.41) is 10.8. The molecule has 2 rings (SSSR count). The van der Waals surface area contributed by atoms with E-state index < -0.39 is 4.92 Å². The van der Waals surface area contributed by atoms with Crippen LogP contribution in [0.15, 0.2) is 18.2 Å². The van der Waals surface area contributed by atoms with Crippen molar-refractivity contribution in [2.24, 2.45) is 0 Å². The van der Waals surface area contributed by atoms with Crippen LogP contribution in [0.4, 0.5) is 11.4 Å². The number of nitro groups is 1. The summed E-state index contributed by atoms with van der Waals surface area (Å²) in [4.78, 5) is 23.1. The molecule has 0 atom stereocenters. The van der Waals surface area contributed by atoms with E-state index in [1.165, 1.54) is 17.9 Å². The highest BCUT2D eigenvalue weighted by atomic mass is 16.6. The van der Waals surface area contributed by atoms with Gasteiger partial charge in [-0.05, 0) is 12.0 Å². The Balaban J connectivity index is 2.58. The van der Waals surface area contributed by atoms with E-state index in [2.05, 4.69) is 0 Å². The van der Waals surface area contributed by atoms with E-state index >= 15 is 0 Å². The quantitative estimate of drug-likeness (QED) is 0.516. The molecule has 0 fully saturated rings. The lowest BCUT2D eigenvalue weighted by molar-refractivity contribution is -0.384. The molecule has 1 aromatic carbocycles. The van der Waals surface area contributed by atoms with Gasteiger partial charge >= 0.3 is 0 Å². The van der Waals surface area contributed by atoms with Crippen LogP contribution >= 0.6 is 0 Å². The standard InChI is InChI=1S/C10H10N2O3/c1-7(13)11-6-5-8-3-2-4-9(10(8)11)12(14)15/h2-4H,5-6H2,1H3. The third-order valence-electron chi connectivity index (χ3n) is 2.55. The predicted octanol–water partition coefficient (Wildman–Crippen LogP) is 1.50. The molecule has 0 spiro atoms. The highest BCUT2D eigenvalue weighted by Crippen LogP contribution is 2.36. The van der Waals surface area contributed by atoms with Gasteiger partial charge in [0.15, 0.2) is 0 Å². The van der Waals surface area contributed by atoms with E-state index in [-0.39, 0.29) is 11.6 Å². The van der Waals surface area contributed by atoms with Crippen LogP contribution in [0.25, 0.3) is 0 Å². The number of benzene rings is 1. The third kappa shape index (κ3) is 1.45. The number of nitrogens with zero attached hydrogens (tertiary/aromatic N) is 2. The fourth-order valence-electron chi connectivity index (χ4n) is 1.90. The van der Waals surface area contributed by atoms with Crippen LogP contribution in [0.2, 0.25) is 0 Å². The Morgan fingerprint density at radius 3 is 2.87 bits per heavy atom. The maximum atomic E-state index is 11.3. The molecule has 1 amide bonds. The molecule has 0 aromatic heterocycles. The minimum Gasteiger partial charge on any atom is -0.306 e. The van der Waals surface area contributed by atoms with Crippen molar-refractivity contribution in [3.63, 3.8) is 0 Å². The molecule has 1 heterocycles. The maximum Gasteiger partial charge on any atom is 0.293 e. The summed E-state index contributed by atoms with van der Waals surface area (Å²) < 4.78 is 0. The van der Waals surface area contributed by atoms with Gasteiger partial charge < -0.3 is 4.90 Å². The molecule has 1 aromatic rings. The molecule has 0 saturated carbocycles. The smallest absolute Gasteiger partial charge is 0.293 e. The molecule has 0 bridgehead atoms. The van der Waals surface area contributed by atoms with Crippen LogP contribution < -0.4 is 4.90 Å². The summed E-state index contributed by atoms with van der Waals surface area (Å²) in [5.74, 6) is -0.150. The van der Waals surface area contributed by atoms with Crippen molar-refractivity contribution in [1.29, 1.82) is 0 Å². The fourth-order valence-corrected chi connectivity index (χ4v) is 1.90. The molecule has 78 valence electrons. The molecule has 1 aliphatic rings. The number of rotatable bonds is 1. The van der Waals surface area contributed by atoms with Crippen LogP contribution in [-0.4, -0.2) is 17.4 Å². The Morgan fingerprint density at radius 1 is 1.53 bits per heavy atom. The molecule has 0 N–H and O–H groups in total. The Labute approximate surface area is 86.5 Å². The van der Waals surface area contributed by atoms with Gasteiger partial charge in [-0.3, -0.25) is 14.9 Å². The molecule has 0 radical (unpaired) electrons. The minimum atomic E-state index is -0.444. The monoisotopic (exact) mass is 206 g/mol. The molecular formula is C10H10N2O3. The van der Waals surface area contributed by atoms with Crippen molar-refractivity contribution in [2.75, 3.05) is 11.4 Å². The van der Waals surface area contributed by atoms with E-state index in [0.717, 1.165) is 5.56 Å². The van der Waals surface area contributed by atoms with Gasteiger partial charge in [0.25, 0.3) is 5.69 Å². The lowest BCUT2D eigenvalue weighted by Gasteiger charge is -2.14. The lowest BCUT2D eigenvalue weighted by Crippen LogP contribution is -2.26. The molecule has 0 unspecified atom stereocenters. The van der Waals surface area contributed by atoms with Crippen molar-refractivity contribution in [1.82, 2.24) is 0 Å². The zero-order chi connectivity index (χ0) is 11.0. The average molecular weight is 206 g/mol. The van der Waals surface area contributed by atoms with Crippen LogP contribution in [0.5, 0.6) is 0 Å². The summed E-state index contributed by atoms with van der Waals surface area (Å²) in [7, 11) is 0. The van der Waals surface area contributed by atoms with Gasteiger partial charge in [0.05, 0.1) is 4.92 Å². The van der Waals surface area contributed by atoms with Gasteiger partial charge in [-0.25, -0.2) is 0 Å². The maximum absolute atomic E-state index is 11.3. The molecule has 0 saturated heterocycles. The van der Waals surface area contributed by atoms with Crippen molar-refractivity contribution < 1.29 is 9.72 Å². The molecular weight excluding hydrogens is 196 g/mol. The van der Waals surface area contributed by atoms with Crippen molar-refractivity contribution in [2.45, 2.75) is 13.3 Å². The zero-order valence-electron chi connectivity index (χ0n) is 8.27. The molecule has 1 aliphatic heterocycles. The Hall–Kier alpha value is -1.91. The first kappa shape index (κ1) is 9.64. The number of hydrogen-bond acceptors (Lipinski definition) is 3. The average Bonchev–Trinajstić information content (AvgIpc) is 2.60. The second-order valence-corrected chi connectivity index (χ2v) is 3.46. The number of amides is 1. The molecule has 15 heavy (non-hydrogen) atoms. The van der Waals surface area contributed by atoms with E-state index in [9.17, 15) is 14.9 Å². The number of hydrogen-bond donors (Lipinski definition) is 0. The second-order valence-electron chi connectivity index (χ2n) is 3.46. The predicted molar refractivity (Wildman–Crippen MR) is 54.8 cm³/mol. The van der Waals surface area contributed by atoms with Crippen LogP contribution in [0, 0.1) is 10.1 Å². The van der Waals surface area contributed by atoms with Crippen LogP contribution in [0.1, 0.15) is 12.5 Å². The normalized spacial score (nSPS) is 13.8. The number of para-hydroxylation sites is 1.